The minimum Gasteiger partial charge on any atom is -0.354 e. The van der Waals surface area contributed by atoms with E-state index in [-0.39, 0.29) is 42.2 Å². The zero-order chi connectivity index (χ0) is 19.9. The summed E-state index contributed by atoms with van der Waals surface area (Å²) in [5.41, 5.74) is 0. The van der Waals surface area contributed by atoms with E-state index in [9.17, 15) is 14.4 Å². The summed E-state index contributed by atoms with van der Waals surface area (Å²) in [7, 11) is 0. The lowest BCUT2D eigenvalue weighted by molar-refractivity contribution is -0.135. The summed E-state index contributed by atoms with van der Waals surface area (Å²) in [5.74, 6) is 0.631. The van der Waals surface area contributed by atoms with Crippen molar-refractivity contribution in [1.82, 2.24) is 25.8 Å². The molecule has 9 heteroatoms. The number of carbonyl (C=O) groups excluding carboxylic acids is 3. The number of nitrogens with zero attached hydrogens (tertiary/aromatic N) is 2. The lowest BCUT2D eigenvalue weighted by Crippen LogP contribution is -2.52. The first-order valence-electron chi connectivity index (χ1n) is 10.8. The average Bonchev–Trinajstić information content (AvgIpc) is 3.21. The highest BCUT2D eigenvalue weighted by Crippen LogP contribution is 2.17. The number of nitrogens with one attached hydrogen (secondary N) is 3. The van der Waals surface area contributed by atoms with Gasteiger partial charge in [0, 0.05) is 39.1 Å². The van der Waals surface area contributed by atoms with Gasteiger partial charge >= 0.3 is 0 Å². The first kappa shape index (κ1) is 23.9. The predicted octanol–water partition coefficient (Wildman–Crippen LogP) is 0.116. The average molecular weight is 430 g/mol. The summed E-state index contributed by atoms with van der Waals surface area (Å²) in [5, 5.41) is 9.26. The molecule has 3 fully saturated rings. The first-order valence-corrected chi connectivity index (χ1v) is 10.8. The molecule has 0 aromatic carbocycles. The third-order valence-electron chi connectivity index (χ3n) is 6.09. The van der Waals surface area contributed by atoms with Gasteiger partial charge in [-0.3, -0.25) is 19.3 Å². The lowest BCUT2D eigenvalue weighted by Gasteiger charge is -2.36. The number of hydrogen-bond donors (Lipinski definition) is 3. The molecule has 0 aromatic rings. The third kappa shape index (κ3) is 7.42. The van der Waals surface area contributed by atoms with Crippen LogP contribution in [0.15, 0.2) is 0 Å². The van der Waals surface area contributed by atoms with Crippen molar-refractivity contribution >= 4 is 30.1 Å². The molecule has 0 aromatic heterocycles. The van der Waals surface area contributed by atoms with E-state index in [0.29, 0.717) is 25.6 Å². The summed E-state index contributed by atoms with van der Waals surface area (Å²) < 4.78 is 0. The van der Waals surface area contributed by atoms with E-state index in [1.54, 1.807) is 0 Å². The fourth-order valence-corrected chi connectivity index (χ4v) is 4.64. The maximum atomic E-state index is 12.7. The second kappa shape index (κ2) is 11.7. The number of carbonyl (C=O) groups is 3. The van der Waals surface area contributed by atoms with Crippen molar-refractivity contribution in [2.24, 2.45) is 5.92 Å². The first-order chi connectivity index (χ1) is 13.5. The van der Waals surface area contributed by atoms with E-state index in [2.05, 4.69) is 20.9 Å². The molecule has 8 nitrogen and oxygen atoms in total. The fourth-order valence-electron chi connectivity index (χ4n) is 4.64. The SMILES string of the molecule is CC(=O)NC1CCCN(C(=O)CN2CCCC(CNC(=O)C3CCCN3)C2)C1.Cl. The Kier molecular flexibility index (Phi) is 9.65. The molecule has 3 unspecified atom stereocenters. The highest BCUT2D eigenvalue weighted by molar-refractivity contribution is 5.85. The molecule has 0 aliphatic carbocycles. The van der Waals surface area contributed by atoms with Crippen molar-refractivity contribution in [3.63, 3.8) is 0 Å². The smallest absolute Gasteiger partial charge is 0.237 e. The van der Waals surface area contributed by atoms with Crippen molar-refractivity contribution in [2.45, 2.75) is 57.5 Å². The maximum absolute atomic E-state index is 12.7. The van der Waals surface area contributed by atoms with Gasteiger partial charge in [-0.1, -0.05) is 0 Å². The van der Waals surface area contributed by atoms with Gasteiger partial charge in [-0.15, -0.1) is 12.4 Å². The van der Waals surface area contributed by atoms with Gasteiger partial charge in [0.05, 0.1) is 12.6 Å². The summed E-state index contributed by atoms with van der Waals surface area (Å²) in [6.45, 7) is 6.75. The van der Waals surface area contributed by atoms with Crippen molar-refractivity contribution in [3.8, 4) is 0 Å². The lowest BCUT2D eigenvalue weighted by atomic mass is 9.97. The second-order valence-corrected chi connectivity index (χ2v) is 8.52. The predicted molar refractivity (Wildman–Crippen MR) is 114 cm³/mol. The van der Waals surface area contributed by atoms with Crippen molar-refractivity contribution in [3.05, 3.63) is 0 Å². The summed E-state index contributed by atoms with van der Waals surface area (Å²) in [4.78, 5) is 40.3. The molecule has 166 valence electrons. The molecule has 3 aliphatic heterocycles. The van der Waals surface area contributed by atoms with E-state index in [4.69, 9.17) is 0 Å². The van der Waals surface area contributed by atoms with Gasteiger partial charge in [0.15, 0.2) is 0 Å². The number of piperidine rings is 2. The van der Waals surface area contributed by atoms with Gasteiger partial charge in [0.2, 0.25) is 17.7 Å². The van der Waals surface area contributed by atoms with Gasteiger partial charge in [-0.05, 0) is 57.5 Å². The molecule has 29 heavy (non-hydrogen) atoms. The molecule has 0 spiro atoms. The minimum atomic E-state index is -0.0342. The second-order valence-electron chi connectivity index (χ2n) is 8.52. The number of amides is 3. The molecule has 3 atom stereocenters. The zero-order valence-electron chi connectivity index (χ0n) is 17.5. The van der Waals surface area contributed by atoms with E-state index < -0.39 is 0 Å². The minimum absolute atomic E-state index is 0. The fraction of sp³-hybridized carbons (Fsp3) is 0.850. The summed E-state index contributed by atoms with van der Waals surface area (Å²) in [6, 6.07) is 0.0423. The number of halogens is 1. The van der Waals surface area contributed by atoms with Gasteiger partial charge < -0.3 is 20.9 Å². The van der Waals surface area contributed by atoms with E-state index in [1.165, 1.54) is 6.92 Å². The number of hydrogen-bond acceptors (Lipinski definition) is 5. The van der Waals surface area contributed by atoms with Crippen LogP contribution in [-0.2, 0) is 14.4 Å². The van der Waals surface area contributed by atoms with Gasteiger partial charge in [-0.25, -0.2) is 0 Å². The monoisotopic (exact) mass is 429 g/mol. The van der Waals surface area contributed by atoms with Crippen LogP contribution in [0.1, 0.15) is 45.4 Å². The van der Waals surface area contributed by atoms with Gasteiger partial charge in [0.25, 0.3) is 0 Å². The molecule has 0 bridgehead atoms. The Morgan fingerprint density at radius 3 is 2.55 bits per heavy atom. The maximum Gasteiger partial charge on any atom is 0.237 e. The molecule has 3 amide bonds. The normalized spacial score (nSPS) is 27.8. The van der Waals surface area contributed by atoms with Crippen LogP contribution < -0.4 is 16.0 Å². The van der Waals surface area contributed by atoms with Crippen LogP contribution in [0.4, 0.5) is 0 Å². The molecule has 3 heterocycles. The molecule has 3 saturated heterocycles. The molecule has 0 saturated carbocycles. The molecule has 0 radical (unpaired) electrons. The largest absolute Gasteiger partial charge is 0.354 e. The van der Waals surface area contributed by atoms with Crippen LogP contribution in [0.3, 0.4) is 0 Å². The Bertz CT molecular complexity index is 570. The highest BCUT2D eigenvalue weighted by Gasteiger charge is 2.28. The molecule has 3 N–H and O–H groups in total. The Balaban J connectivity index is 0.00000300. The van der Waals surface area contributed by atoms with E-state index in [1.807, 2.05) is 4.90 Å². The van der Waals surface area contributed by atoms with Crippen LogP contribution in [0.5, 0.6) is 0 Å². The Morgan fingerprint density at radius 1 is 1.03 bits per heavy atom. The van der Waals surface area contributed by atoms with E-state index >= 15 is 0 Å². The van der Waals surface area contributed by atoms with Crippen LogP contribution in [0.25, 0.3) is 0 Å². The molecule has 3 rings (SSSR count). The van der Waals surface area contributed by atoms with Crippen LogP contribution in [0, 0.1) is 5.92 Å². The van der Waals surface area contributed by atoms with Crippen molar-refractivity contribution in [1.29, 1.82) is 0 Å². The summed E-state index contributed by atoms with van der Waals surface area (Å²) in [6.07, 6.45) is 6.01. The van der Waals surface area contributed by atoms with Gasteiger partial charge in [0.1, 0.15) is 0 Å². The zero-order valence-corrected chi connectivity index (χ0v) is 18.3. The third-order valence-corrected chi connectivity index (χ3v) is 6.09. The Labute approximate surface area is 179 Å². The Morgan fingerprint density at radius 2 is 1.83 bits per heavy atom. The van der Waals surface area contributed by atoms with Crippen molar-refractivity contribution < 1.29 is 14.4 Å². The quantitative estimate of drug-likeness (QED) is 0.557. The Hall–Kier alpha value is -1.38. The summed E-state index contributed by atoms with van der Waals surface area (Å²) >= 11 is 0. The van der Waals surface area contributed by atoms with Crippen molar-refractivity contribution in [2.75, 3.05) is 45.8 Å². The molecular weight excluding hydrogens is 394 g/mol. The van der Waals surface area contributed by atoms with Crippen LogP contribution in [0.2, 0.25) is 0 Å². The number of likely N-dealkylation sites (tertiary alicyclic amines) is 2. The van der Waals surface area contributed by atoms with Crippen LogP contribution >= 0.6 is 12.4 Å². The topological polar surface area (TPSA) is 93.8 Å². The highest BCUT2D eigenvalue weighted by atomic mass is 35.5. The van der Waals surface area contributed by atoms with E-state index in [0.717, 1.165) is 64.7 Å². The standard InChI is InChI=1S/C20H35N5O3.ClH/c1-15(26)23-17-6-4-10-25(13-17)19(27)14-24-9-3-5-16(12-24)11-22-20(28)18-7-2-8-21-18;/h16-18,21H,2-14H2,1H3,(H,22,28)(H,23,26);1H. The van der Waals surface area contributed by atoms with Crippen LogP contribution in [-0.4, -0.2) is 85.4 Å². The molecular formula is C20H36ClN5O3. The molecule has 3 aliphatic rings. The van der Waals surface area contributed by atoms with Gasteiger partial charge in [-0.2, -0.15) is 0 Å². The number of rotatable bonds is 6.